The van der Waals surface area contributed by atoms with Gasteiger partial charge in [-0.2, -0.15) is 0 Å². The summed E-state index contributed by atoms with van der Waals surface area (Å²) in [6.07, 6.45) is 6.76. The monoisotopic (exact) mass is 489 g/mol. The molecule has 1 amide bonds. The van der Waals surface area contributed by atoms with Crippen LogP contribution in [0.1, 0.15) is 63.9 Å². The van der Waals surface area contributed by atoms with Gasteiger partial charge >= 0.3 is 0 Å². The van der Waals surface area contributed by atoms with Crippen LogP contribution >= 0.6 is 11.8 Å². The SMILES string of the molecule is CCC(C)c1ccc(-n2c(=O)c3ccccc3n3c(SCC(=O)NC4CCCCC4)nnc23)cc1. The molecule has 8 heteroatoms. The highest BCUT2D eigenvalue weighted by Crippen LogP contribution is 2.25. The average molecular weight is 490 g/mol. The number of carbonyl (C=O) groups is 1. The fourth-order valence-electron chi connectivity index (χ4n) is 4.84. The number of aromatic nitrogens is 4. The second-order valence-electron chi connectivity index (χ2n) is 9.37. The second kappa shape index (κ2) is 10.2. The molecule has 0 bridgehead atoms. The first-order chi connectivity index (χ1) is 17.1. The van der Waals surface area contributed by atoms with Crippen molar-refractivity contribution < 1.29 is 4.79 Å². The van der Waals surface area contributed by atoms with E-state index in [1.54, 1.807) is 4.57 Å². The van der Waals surface area contributed by atoms with Crippen LogP contribution in [0, 0.1) is 0 Å². The van der Waals surface area contributed by atoms with E-state index >= 15 is 0 Å². The zero-order chi connectivity index (χ0) is 24.4. The minimum absolute atomic E-state index is 0.0110. The van der Waals surface area contributed by atoms with Gasteiger partial charge in [-0.25, -0.2) is 4.57 Å². The lowest BCUT2D eigenvalue weighted by atomic mass is 9.95. The van der Waals surface area contributed by atoms with E-state index in [-0.39, 0.29) is 23.3 Å². The van der Waals surface area contributed by atoms with Crippen molar-refractivity contribution in [3.63, 3.8) is 0 Å². The fraction of sp³-hybridized carbons (Fsp3) is 0.407. The molecule has 1 N–H and O–H groups in total. The highest BCUT2D eigenvalue weighted by atomic mass is 32.2. The Bertz CT molecular complexity index is 1400. The molecule has 1 saturated carbocycles. The summed E-state index contributed by atoms with van der Waals surface area (Å²) in [4.78, 5) is 26.1. The molecule has 1 atom stereocenters. The minimum Gasteiger partial charge on any atom is -0.353 e. The van der Waals surface area contributed by atoms with Crippen LogP contribution in [0.4, 0.5) is 0 Å². The topological polar surface area (TPSA) is 81.3 Å². The van der Waals surface area contributed by atoms with E-state index in [1.165, 1.54) is 36.6 Å². The molecule has 5 rings (SSSR count). The largest absolute Gasteiger partial charge is 0.353 e. The van der Waals surface area contributed by atoms with Gasteiger partial charge in [-0.05, 0) is 55.0 Å². The first-order valence-corrected chi connectivity index (χ1v) is 13.5. The van der Waals surface area contributed by atoms with E-state index in [4.69, 9.17) is 0 Å². The number of rotatable bonds is 7. The maximum Gasteiger partial charge on any atom is 0.267 e. The molecular weight excluding hydrogens is 458 g/mol. The Morgan fingerprint density at radius 2 is 1.83 bits per heavy atom. The standard InChI is InChI=1S/C27H31N5O2S/c1-3-18(2)19-13-15-21(16-14-19)31-25(34)22-11-7-8-12-23(22)32-26(31)29-30-27(32)35-17-24(33)28-20-9-5-4-6-10-20/h7-8,11-16,18,20H,3-6,9-10,17H2,1-2H3,(H,28,33). The van der Waals surface area contributed by atoms with Crippen molar-refractivity contribution in [2.75, 3.05) is 5.75 Å². The molecule has 1 unspecified atom stereocenters. The summed E-state index contributed by atoms with van der Waals surface area (Å²) >= 11 is 1.35. The highest BCUT2D eigenvalue weighted by molar-refractivity contribution is 7.99. The first-order valence-electron chi connectivity index (χ1n) is 12.5. The van der Waals surface area contributed by atoms with Crippen molar-refractivity contribution in [3.8, 4) is 5.69 Å². The summed E-state index contributed by atoms with van der Waals surface area (Å²) < 4.78 is 3.50. The number of fused-ring (bicyclic) bond motifs is 3. The smallest absolute Gasteiger partial charge is 0.267 e. The molecule has 1 aliphatic carbocycles. The molecule has 0 radical (unpaired) electrons. The third-order valence-electron chi connectivity index (χ3n) is 7.03. The molecule has 35 heavy (non-hydrogen) atoms. The number of amides is 1. The number of thioether (sulfide) groups is 1. The number of carbonyl (C=O) groups excluding carboxylic acids is 1. The van der Waals surface area contributed by atoms with E-state index in [1.807, 2.05) is 40.8 Å². The third kappa shape index (κ3) is 4.72. The van der Waals surface area contributed by atoms with Gasteiger partial charge in [-0.3, -0.25) is 14.0 Å². The number of nitrogens with one attached hydrogen (secondary N) is 1. The van der Waals surface area contributed by atoms with Crippen molar-refractivity contribution in [1.29, 1.82) is 0 Å². The zero-order valence-electron chi connectivity index (χ0n) is 20.2. The highest BCUT2D eigenvalue weighted by Gasteiger charge is 2.20. The number of hydrogen-bond acceptors (Lipinski definition) is 5. The van der Waals surface area contributed by atoms with Crippen molar-refractivity contribution in [2.45, 2.75) is 69.5 Å². The van der Waals surface area contributed by atoms with Crippen LogP contribution < -0.4 is 10.9 Å². The van der Waals surface area contributed by atoms with Crippen molar-refractivity contribution >= 4 is 34.3 Å². The predicted molar refractivity (Wildman–Crippen MR) is 141 cm³/mol. The third-order valence-corrected chi connectivity index (χ3v) is 7.96. The molecular formula is C27H31N5O2S. The van der Waals surface area contributed by atoms with E-state index in [2.05, 4.69) is 41.5 Å². The molecule has 1 aliphatic rings. The van der Waals surface area contributed by atoms with E-state index in [0.29, 0.717) is 22.2 Å². The fourth-order valence-corrected chi connectivity index (χ4v) is 5.59. The van der Waals surface area contributed by atoms with Gasteiger partial charge in [0.2, 0.25) is 11.7 Å². The molecule has 2 aromatic carbocycles. The van der Waals surface area contributed by atoms with Gasteiger partial charge in [0.25, 0.3) is 5.56 Å². The molecule has 4 aromatic rings. The van der Waals surface area contributed by atoms with E-state index in [0.717, 1.165) is 30.5 Å². The Balaban J connectivity index is 1.51. The lowest BCUT2D eigenvalue weighted by molar-refractivity contribution is -0.119. The number of nitrogens with zero attached hydrogens (tertiary/aromatic N) is 4. The van der Waals surface area contributed by atoms with Crippen LogP contribution in [0.3, 0.4) is 0 Å². The minimum atomic E-state index is -0.136. The van der Waals surface area contributed by atoms with Crippen LogP contribution in [-0.2, 0) is 4.79 Å². The zero-order valence-corrected chi connectivity index (χ0v) is 21.1. The van der Waals surface area contributed by atoms with Crippen LogP contribution in [0.5, 0.6) is 0 Å². The van der Waals surface area contributed by atoms with Gasteiger partial charge < -0.3 is 5.32 Å². The second-order valence-corrected chi connectivity index (χ2v) is 10.3. The molecule has 0 spiro atoms. The van der Waals surface area contributed by atoms with Gasteiger partial charge in [0.05, 0.1) is 22.3 Å². The summed E-state index contributed by atoms with van der Waals surface area (Å²) in [5.74, 6) is 1.17. The van der Waals surface area contributed by atoms with Crippen LogP contribution in [0.2, 0.25) is 0 Å². The first kappa shape index (κ1) is 23.6. The number of para-hydroxylation sites is 1. The van der Waals surface area contributed by atoms with Gasteiger partial charge in [0.1, 0.15) is 0 Å². The summed E-state index contributed by atoms with van der Waals surface area (Å²) in [5, 5.41) is 13.1. The van der Waals surface area contributed by atoms with Gasteiger partial charge in [-0.1, -0.05) is 69.1 Å². The van der Waals surface area contributed by atoms with Gasteiger partial charge in [-0.15, -0.1) is 10.2 Å². The van der Waals surface area contributed by atoms with E-state index in [9.17, 15) is 9.59 Å². The molecule has 0 aliphatic heterocycles. The number of hydrogen-bond donors (Lipinski definition) is 1. The Labute approximate surface area is 208 Å². The van der Waals surface area contributed by atoms with E-state index < -0.39 is 0 Å². The van der Waals surface area contributed by atoms with Gasteiger partial charge in [0, 0.05) is 6.04 Å². The Hall–Kier alpha value is -3.13. The molecule has 182 valence electrons. The van der Waals surface area contributed by atoms with Gasteiger partial charge in [0.15, 0.2) is 5.16 Å². The molecule has 0 saturated heterocycles. The lowest BCUT2D eigenvalue weighted by Gasteiger charge is -2.22. The molecule has 2 aromatic heterocycles. The maximum atomic E-state index is 13.5. The van der Waals surface area contributed by atoms with Crippen molar-refractivity contribution in [3.05, 3.63) is 64.4 Å². The summed E-state index contributed by atoms with van der Waals surface area (Å²) in [5.41, 5.74) is 2.59. The summed E-state index contributed by atoms with van der Waals surface area (Å²) in [6.45, 7) is 4.36. The molecule has 1 fully saturated rings. The lowest BCUT2D eigenvalue weighted by Crippen LogP contribution is -2.37. The quantitative estimate of drug-likeness (QED) is 0.366. The Morgan fingerprint density at radius 3 is 2.57 bits per heavy atom. The summed E-state index contributed by atoms with van der Waals surface area (Å²) in [6, 6.07) is 15.8. The average Bonchev–Trinajstić information content (AvgIpc) is 3.32. The van der Waals surface area contributed by atoms with Crippen LogP contribution in [0.15, 0.2) is 58.5 Å². The van der Waals surface area contributed by atoms with Crippen molar-refractivity contribution in [2.24, 2.45) is 0 Å². The maximum absolute atomic E-state index is 13.5. The number of benzene rings is 2. The summed E-state index contributed by atoms with van der Waals surface area (Å²) in [7, 11) is 0. The van der Waals surface area contributed by atoms with Crippen molar-refractivity contribution in [1.82, 2.24) is 24.5 Å². The Kier molecular flexibility index (Phi) is 6.90. The normalized spacial score (nSPS) is 15.5. The van der Waals surface area contributed by atoms with Crippen LogP contribution in [-0.4, -0.2) is 36.9 Å². The molecule has 7 nitrogen and oxygen atoms in total. The van der Waals surface area contributed by atoms with Crippen LogP contribution in [0.25, 0.3) is 22.4 Å². The Morgan fingerprint density at radius 1 is 1.09 bits per heavy atom. The predicted octanol–water partition coefficient (Wildman–Crippen LogP) is 5.09. The molecule has 2 heterocycles.